The third-order valence-corrected chi connectivity index (χ3v) is 5.58. The Morgan fingerprint density at radius 1 is 1.07 bits per heavy atom. The number of benzene rings is 2. The summed E-state index contributed by atoms with van der Waals surface area (Å²) in [7, 11) is -4.03. The Morgan fingerprint density at radius 3 is 2.41 bits per heavy atom. The van der Waals surface area contributed by atoms with E-state index in [0.29, 0.717) is 32.0 Å². The minimum atomic E-state index is -4.58. The number of ether oxygens (including phenoxy) is 1. The van der Waals surface area contributed by atoms with Crippen LogP contribution >= 0.6 is 0 Å². The van der Waals surface area contributed by atoms with E-state index < -0.39 is 21.8 Å². The van der Waals surface area contributed by atoms with E-state index in [1.807, 2.05) is 0 Å². The molecule has 146 valence electrons. The van der Waals surface area contributed by atoms with Gasteiger partial charge in [0.2, 0.25) is 0 Å². The van der Waals surface area contributed by atoms with Gasteiger partial charge in [-0.3, -0.25) is 4.72 Å². The average Bonchev–Trinajstić information content (AvgIpc) is 2.61. The molecule has 9 heteroatoms. The average molecular weight is 400 g/mol. The van der Waals surface area contributed by atoms with Crippen molar-refractivity contribution in [3.05, 3.63) is 53.6 Å². The third kappa shape index (κ3) is 4.54. The summed E-state index contributed by atoms with van der Waals surface area (Å²) in [5, 5.41) is 0. The second kappa shape index (κ2) is 7.40. The predicted molar refractivity (Wildman–Crippen MR) is 96.5 cm³/mol. The maximum atomic E-state index is 13.1. The zero-order chi connectivity index (χ0) is 19.7. The number of sulfonamides is 1. The zero-order valence-corrected chi connectivity index (χ0v) is 15.4. The van der Waals surface area contributed by atoms with Gasteiger partial charge in [0.15, 0.2) is 0 Å². The van der Waals surface area contributed by atoms with Crippen LogP contribution in [0.1, 0.15) is 11.1 Å². The number of rotatable bonds is 4. The van der Waals surface area contributed by atoms with Crippen LogP contribution in [0.2, 0.25) is 0 Å². The van der Waals surface area contributed by atoms with Gasteiger partial charge in [0.05, 0.1) is 35.0 Å². The quantitative estimate of drug-likeness (QED) is 0.851. The van der Waals surface area contributed by atoms with E-state index in [9.17, 15) is 21.6 Å². The molecular formula is C18H19F3N2O3S. The first-order valence-electron chi connectivity index (χ1n) is 8.30. The normalized spacial score (nSPS) is 15.6. The minimum absolute atomic E-state index is 0.00663. The van der Waals surface area contributed by atoms with Gasteiger partial charge in [-0.25, -0.2) is 8.42 Å². The van der Waals surface area contributed by atoms with Crippen molar-refractivity contribution < 1.29 is 26.3 Å². The predicted octanol–water partition coefficient (Wildman–Crippen LogP) is 3.65. The van der Waals surface area contributed by atoms with Crippen molar-refractivity contribution in [3.63, 3.8) is 0 Å². The van der Waals surface area contributed by atoms with E-state index >= 15 is 0 Å². The maximum Gasteiger partial charge on any atom is 0.416 e. The lowest BCUT2D eigenvalue weighted by molar-refractivity contribution is -0.137. The number of alkyl halides is 3. The van der Waals surface area contributed by atoms with Gasteiger partial charge in [0, 0.05) is 13.1 Å². The van der Waals surface area contributed by atoms with Gasteiger partial charge < -0.3 is 9.64 Å². The number of aryl methyl sites for hydroxylation is 1. The van der Waals surface area contributed by atoms with Gasteiger partial charge in [-0.1, -0.05) is 12.1 Å². The van der Waals surface area contributed by atoms with Gasteiger partial charge in [-0.15, -0.1) is 0 Å². The Hall–Kier alpha value is -2.26. The molecule has 1 aliphatic rings. The highest BCUT2D eigenvalue weighted by Crippen LogP contribution is 2.36. The molecule has 0 unspecified atom stereocenters. The number of halogens is 3. The Bertz CT molecular complexity index is 924. The molecule has 0 radical (unpaired) electrons. The number of hydrogen-bond acceptors (Lipinski definition) is 4. The van der Waals surface area contributed by atoms with Crippen molar-refractivity contribution in [2.75, 3.05) is 35.9 Å². The molecule has 0 bridgehead atoms. The molecule has 2 aromatic rings. The van der Waals surface area contributed by atoms with Crippen molar-refractivity contribution in [2.45, 2.75) is 18.0 Å². The van der Waals surface area contributed by atoms with Crippen LogP contribution in [0.15, 0.2) is 47.4 Å². The van der Waals surface area contributed by atoms with Crippen molar-refractivity contribution in [3.8, 4) is 0 Å². The maximum absolute atomic E-state index is 13.1. The van der Waals surface area contributed by atoms with E-state index in [4.69, 9.17) is 4.74 Å². The number of hydrogen-bond donors (Lipinski definition) is 1. The van der Waals surface area contributed by atoms with Gasteiger partial charge in [-0.05, 0) is 42.8 Å². The first kappa shape index (κ1) is 19.5. The molecule has 0 aliphatic carbocycles. The van der Waals surface area contributed by atoms with Crippen molar-refractivity contribution in [2.24, 2.45) is 0 Å². The summed E-state index contributed by atoms with van der Waals surface area (Å²) in [5.41, 5.74) is 0.104. The number of morpholine rings is 1. The van der Waals surface area contributed by atoms with E-state index in [1.54, 1.807) is 24.0 Å². The smallest absolute Gasteiger partial charge is 0.378 e. The molecule has 0 saturated carbocycles. The molecule has 0 atom stereocenters. The molecule has 1 aliphatic heterocycles. The fourth-order valence-corrected chi connectivity index (χ4v) is 4.03. The van der Waals surface area contributed by atoms with E-state index in [1.165, 1.54) is 18.2 Å². The van der Waals surface area contributed by atoms with Gasteiger partial charge in [0.25, 0.3) is 10.0 Å². The fourth-order valence-electron chi connectivity index (χ4n) is 2.86. The third-order valence-electron chi connectivity index (χ3n) is 4.22. The highest BCUT2D eigenvalue weighted by atomic mass is 32.2. The number of nitrogens with one attached hydrogen (secondary N) is 1. The summed E-state index contributed by atoms with van der Waals surface area (Å²) in [6, 6.07) is 9.26. The van der Waals surface area contributed by atoms with Crippen LogP contribution < -0.4 is 9.62 Å². The molecule has 1 heterocycles. The molecule has 1 fully saturated rings. The minimum Gasteiger partial charge on any atom is -0.378 e. The molecule has 27 heavy (non-hydrogen) atoms. The lowest BCUT2D eigenvalue weighted by Crippen LogP contribution is -2.36. The zero-order valence-electron chi connectivity index (χ0n) is 14.6. The Balaban J connectivity index is 2.03. The molecule has 0 spiro atoms. The van der Waals surface area contributed by atoms with Crippen LogP contribution in [-0.4, -0.2) is 34.7 Å². The summed E-state index contributed by atoms with van der Waals surface area (Å²) < 4.78 is 72.4. The van der Waals surface area contributed by atoms with Crippen LogP contribution in [0.5, 0.6) is 0 Å². The molecule has 1 N–H and O–H groups in total. The first-order chi connectivity index (χ1) is 12.7. The molecule has 0 amide bonds. The summed E-state index contributed by atoms with van der Waals surface area (Å²) in [6.45, 7) is 3.51. The molecule has 2 aromatic carbocycles. The monoisotopic (exact) mass is 400 g/mol. The second-order valence-corrected chi connectivity index (χ2v) is 7.93. The van der Waals surface area contributed by atoms with Crippen molar-refractivity contribution in [1.82, 2.24) is 0 Å². The Labute approximate surface area is 155 Å². The van der Waals surface area contributed by atoms with Crippen LogP contribution in [0.4, 0.5) is 24.5 Å². The van der Waals surface area contributed by atoms with Crippen LogP contribution in [0, 0.1) is 6.92 Å². The summed E-state index contributed by atoms with van der Waals surface area (Å²) in [6.07, 6.45) is -4.58. The number of anilines is 2. The summed E-state index contributed by atoms with van der Waals surface area (Å²) in [4.78, 5) is 1.80. The molecular weight excluding hydrogens is 381 g/mol. The van der Waals surface area contributed by atoms with Gasteiger partial charge in [-0.2, -0.15) is 13.2 Å². The fraction of sp³-hybridized carbons (Fsp3) is 0.333. The van der Waals surface area contributed by atoms with Gasteiger partial charge in [0.1, 0.15) is 0 Å². The standard InChI is InChI=1S/C18H19F3N2O3S/c1-13-3-2-4-15(11-13)27(24,25)22-16-12-14(18(19,20)21)5-6-17(16)23-7-9-26-10-8-23/h2-6,11-12,22H,7-10H2,1H3. The topological polar surface area (TPSA) is 58.6 Å². The summed E-state index contributed by atoms with van der Waals surface area (Å²) >= 11 is 0. The Kier molecular flexibility index (Phi) is 5.34. The lowest BCUT2D eigenvalue weighted by atomic mass is 10.1. The van der Waals surface area contributed by atoms with Crippen LogP contribution in [0.3, 0.4) is 0 Å². The Morgan fingerprint density at radius 2 is 1.78 bits per heavy atom. The highest BCUT2D eigenvalue weighted by molar-refractivity contribution is 7.92. The lowest BCUT2D eigenvalue weighted by Gasteiger charge is -2.31. The van der Waals surface area contributed by atoms with E-state index in [2.05, 4.69) is 4.72 Å². The molecule has 3 rings (SSSR count). The SMILES string of the molecule is Cc1cccc(S(=O)(=O)Nc2cc(C(F)(F)F)ccc2N2CCOCC2)c1. The van der Waals surface area contributed by atoms with Gasteiger partial charge >= 0.3 is 6.18 Å². The highest BCUT2D eigenvalue weighted by Gasteiger charge is 2.32. The largest absolute Gasteiger partial charge is 0.416 e. The van der Waals surface area contributed by atoms with Crippen molar-refractivity contribution in [1.29, 1.82) is 0 Å². The first-order valence-corrected chi connectivity index (χ1v) is 9.78. The van der Waals surface area contributed by atoms with E-state index in [-0.39, 0.29) is 10.6 Å². The van der Waals surface area contributed by atoms with Crippen LogP contribution in [-0.2, 0) is 20.9 Å². The number of nitrogens with zero attached hydrogens (tertiary/aromatic N) is 1. The summed E-state index contributed by atoms with van der Waals surface area (Å²) in [5.74, 6) is 0. The molecule has 5 nitrogen and oxygen atoms in total. The molecule has 1 saturated heterocycles. The van der Waals surface area contributed by atoms with Crippen LogP contribution in [0.25, 0.3) is 0 Å². The molecule has 0 aromatic heterocycles. The second-order valence-electron chi connectivity index (χ2n) is 6.25. The van der Waals surface area contributed by atoms with Crippen molar-refractivity contribution >= 4 is 21.4 Å². The van der Waals surface area contributed by atoms with E-state index in [0.717, 1.165) is 17.7 Å².